The van der Waals surface area contributed by atoms with Crippen molar-refractivity contribution in [2.75, 3.05) is 6.61 Å². The van der Waals surface area contributed by atoms with Gasteiger partial charge in [0.05, 0.1) is 18.8 Å². The first-order valence-electron chi connectivity index (χ1n) is 19.1. The summed E-state index contributed by atoms with van der Waals surface area (Å²) in [5.41, 5.74) is 0. The molecule has 3 atom stereocenters. The minimum atomic E-state index is -1.16. The molecule has 1 amide bonds. The summed E-state index contributed by atoms with van der Waals surface area (Å²) in [6.45, 7) is 4.14. The van der Waals surface area contributed by atoms with Crippen molar-refractivity contribution in [3.63, 3.8) is 0 Å². The lowest BCUT2D eigenvalue weighted by atomic mass is 10.0. The third kappa shape index (κ3) is 29.5. The molecule has 0 aromatic carbocycles. The Hall–Kier alpha value is -1.17. The van der Waals surface area contributed by atoms with Crippen molar-refractivity contribution in [2.45, 2.75) is 212 Å². The molecule has 0 aromatic heterocycles. The second kappa shape index (κ2) is 34.7. The Morgan fingerprint density at radius 3 is 1.39 bits per heavy atom. The number of allylic oxidation sites excluding steroid dienone is 4. The van der Waals surface area contributed by atoms with E-state index in [0.29, 0.717) is 12.8 Å². The zero-order valence-corrected chi connectivity index (χ0v) is 29.3. The van der Waals surface area contributed by atoms with Crippen molar-refractivity contribution in [1.82, 2.24) is 5.32 Å². The molecule has 0 heterocycles. The number of hydrogen-bond donors (Lipinski definition) is 4. The molecule has 0 fully saturated rings. The van der Waals surface area contributed by atoms with Crippen molar-refractivity contribution in [1.29, 1.82) is 0 Å². The van der Waals surface area contributed by atoms with Gasteiger partial charge < -0.3 is 20.6 Å². The summed E-state index contributed by atoms with van der Waals surface area (Å²) in [6.07, 6.45) is 39.9. The van der Waals surface area contributed by atoms with Gasteiger partial charge in [-0.3, -0.25) is 4.79 Å². The maximum absolute atomic E-state index is 12.3. The average molecular weight is 622 g/mol. The zero-order valence-electron chi connectivity index (χ0n) is 29.3. The maximum atomic E-state index is 12.3. The van der Waals surface area contributed by atoms with Crippen molar-refractivity contribution in [2.24, 2.45) is 0 Å². The summed E-state index contributed by atoms with van der Waals surface area (Å²) in [5, 5.41) is 33.3. The molecule has 0 rings (SSSR count). The Bertz CT molecular complexity index is 650. The minimum Gasteiger partial charge on any atom is -0.394 e. The van der Waals surface area contributed by atoms with Gasteiger partial charge in [0.2, 0.25) is 5.91 Å². The Morgan fingerprint density at radius 2 is 0.932 bits per heavy atom. The molecule has 4 N–H and O–H groups in total. The van der Waals surface area contributed by atoms with E-state index >= 15 is 0 Å². The molecule has 0 aromatic rings. The number of carbonyl (C=O) groups is 1. The van der Waals surface area contributed by atoms with Gasteiger partial charge in [0, 0.05) is 6.42 Å². The number of aliphatic hydroxyl groups is 3. The molecule has 0 bridgehead atoms. The van der Waals surface area contributed by atoms with E-state index in [0.717, 1.165) is 44.9 Å². The Morgan fingerprint density at radius 1 is 0.545 bits per heavy atom. The largest absolute Gasteiger partial charge is 0.394 e. The second-order valence-electron chi connectivity index (χ2n) is 13.1. The molecule has 5 heteroatoms. The maximum Gasteiger partial charge on any atom is 0.220 e. The number of amides is 1. The van der Waals surface area contributed by atoms with Gasteiger partial charge in [0.1, 0.15) is 6.10 Å². The van der Waals surface area contributed by atoms with Crippen molar-refractivity contribution in [3.05, 3.63) is 24.3 Å². The average Bonchev–Trinajstić information content (AvgIpc) is 3.03. The highest BCUT2D eigenvalue weighted by molar-refractivity contribution is 5.76. The summed E-state index contributed by atoms with van der Waals surface area (Å²) in [7, 11) is 0. The predicted octanol–water partition coefficient (Wildman–Crippen LogP) is 10.3. The summed E-state index contributed by atoms with van der Waals surface area (Å²) in [6, 6.07) is -0.826. The van der Waals surface area contributed by atoms with E-state index in [1.54, 1.807) is 0 Å². The molecule has 5 nitrogen and oxygen atoms in total. The standard InChI is InChI=1S/C39H75NO4/c1-3-5-7-9-11-13-15-16-17-18-19-20-21-22-24-25-27-29-31-33-37(42)39(44)36(35-41)40-38(43)34-32-30-28-26-23-14-12-10-8-6-4-2/h20-21,25,27,36-37,39,41-42,44H,3-19,22-24,26,28-35H2,1-2H3,(H,40,43)/b21-20+,27-25+. The first kappa shape index (κ1) is 42.8. The van der Waals surface area contributed by atoms with Crippen LogP contribution in [0, 0.1) is 0 Å². The number of unbranched alkanes of at least 4 members (excludes halogenated alkanes) is 22. The van der Waals surface area contributed by atoms with Gasteiger partial charge in [0.25, 0.3) is 0 Å². The van der Waals surface area contributed by atoms with Crippen molar-refractivity contribution in [3.8, 4) is 0 Å². The molecule has 0 spiro atoms. The highest BCUT2D eigenvalue weighted by Crippen LogP contribution is 2.14. The van der Waals surface area contributed by atoms with Gasteiger partial charge in [-0.1, -0.05) is 160 Å². The summed E-state index contributed by atoms with van der Waals surface area (Å²) < 4.78 is 0. The summed E-state index contributed by atoms with van der Waals surface area (Å²) in [4.78, 5) is 12.3. The molecule has 260 valence electrons. The minimum absolute atomic E-state index is 0.160. The molecule has 0 radical (unpaired) electrons. The van der Waals surface area contributed by atoms with Crippen molar-refractivity contribution < 1.29 is 20.1 Å². The lowest BCUT2D eigenvalue weighted by Gasteiger charge is -2.26. The van der Waals surface area contributed by atoms with Crippen LogP contribution in [0.4, 0.5) is 0 Å². The van der Waals surface area contributed by atoms with Gasteiger partial charge in [-0.25, -0.2) is 0 Å². The fourth-order valence-corrected chi connectivity index (χ4v) is 5.76. The van der Waals surface area contributed by atoms with Crippen LogP contribution in [-0.4, -0.2) is 46.1 Å². The van der Waals surface area contributed by atoms with Gasteiger partial charge in [0.15, 0.2) is 0 Å². The lowest BCUT2D eigenvalue weighted by Crippen LogP contribution is -2.50. The van der Waals surface area contributed by atoms with Crippen LogP contribution in [0.25, 0.3) is 0 Å². The zero-order chi connectivity index (χ0) is 32.4. The molecule has 0 aliphatic carbocycles. The Kier molecular flexibility index (Phi) is 33.8. The fourth-order valence-electron chi connectivity index (χ4n) is 5.76. The third-order valence-corrected chi connectivity index (χ3v) is 8.79. The number of rotatable bonds is 34. The van der Waals surface area contributed by atoms with E-state index in [2.05, 4.69) is 43.5 Å². The van der Waals surface area contributed by atoms with E-state index in [-0.39, 0.29) is 12.5 Å². The molecule has 3 unspecified atom stereocenters. The molecule has 44 heavy (non-hydrogen) atoms. The highest BCUT2D eigenvalue weighted by atomic mass is 16.3. The predicted molar refractivity (Wildman–Crippen MR) is 190 cm³/mol. The van der Waals surface area contributed by atoms with Crippen LogP contribution in [0.3, 0.4) is 0 Å². The number of carbonyl (C=O) groups excluding carboxylic acids is 1. The van der Waals surface area contributed by atoms with E-state index in [1.807, 2.05) is 0 Å². The van der Waals surface area contributed by atoms with Gasteiger partial charge in [-0.05, 0) is 51.4 Å². The molecule has 0 aliphatic heterocycles. The van der Waals surface area contributed by atoms with Crippen LogP contribution >= 0.6 is 0 Å². The normalized spacial score (nSPS) is 14.0. The topological polar surface area (TPSA) is 89.8 Å². The number of aliphatic hydroxyl groups excluding tert-OH is 3. The van der Waals surface area contributed by atoms with Crippen LogP contribution in [0.5, 0.6) is 0 Å². The van der Waals surface area contributed by atoms with Crippen LogP contribution in [0.2, 0.25) is 0 Å². The summed E-state index contributed by atoms with van der Waals surface area (Å²) >= 11 is 0. The van der Waals surface area contributed by atoms with E-state index < -0.39 is 18.2 Å². The molecular formula is C39H75NO4. The van der Waals surface area contributed by atoms with E-state index in [1.165, 1.54) is 122 Å². The molecule has 0 saturated carbocycles. The Balaban J connectivity index is 3.74. The van der Waals surface area contributed by atoms with Crippen molar-refractivity contribution >= 4 is 5.91 Å². The van der Waals surface area contributed by atoms with E-state index in [9.17, 15) is 20.1 Å². The second-order valence-corrected chi connectivity index (χ2v) is 13.1. The number of nitrogens with one attached hydrogen (secondary N) is 1. The first-order chi connectivity index (χ1) is 21.6. The molecule has 0 aliphatic rings. The van der Waals surface area contributed by atoms with Gasteiger partial charge in [-0.15, -0.1) is 0 Å². The van der Waals surface area contributed by atoms with Gasteiger partial charge in [-0.2, -0.15) is 0 Å². The van der Waals surface area contributed by atoms with Crippen LogP contribution < -0.4 is 5.32 Å². The quantitative estimate of drug-likeness (QED) is 0.0425. The SMILES string of the molecule is CCCCCCCCCCCC/C=C/CC/C=C/CCCC(O)C(O)C(CO)NC(=O)CCCCCCCCCCCCC. The summed E-state index contributed by atoms with van der Waals surface area (Å²) in [5.74, 6) is -0.160. The molecule has 0 saturated heterocycles. The Labute approximate surface area is 273 Å². The van der Waals surface area contributed by atoms with Crippen LogP contribution in [0.1, 0.15) is 194 Å². The highest BCUT2D eigenvalue weighted by Gasteiger charge is 2.26. The van der Waals surface area contributed by atoms with E-state index in [4.69, 9.17) is 0 Å². The first-order valence-corrected chi connectivity index (χ1v) is 19.1. The fraction of sp³-hybridized carbons (Fsp3) is 0.872. The lowest BCUT2D eigenvalue weighted by molar-refractivity contribution is -0.124. The smallest absolute Gasteiger partial charge is 0.220 e. The van der Waals surface area contributed by atoms with Crippen LogP contribution in [0.15, 0.2) is 24.3 Å². The third-order valence-electron chi connectivity index (χ3n) is 8.79. The monoisotopic (exact) mass is 622 g/mol. The molecular weight excluding hydrogens is 546 g/mol. The van der Waals surface area contributed by atoms with Crippen LogP contribution in [-0.2, 0) is 4.79 Å². The van der Waals surface area contributed by atoms with Gasteiger partial charge >= 0.3 is 0 Å². The number of hydrogen-bond acceptors (Lipinski definition) is 4.